The van der Waals surface area contributed by atoms with Crippen LogP contribution in [0.25, 0.3) is 0 Å². The highest BCUT2D eigenvalue weighted by Crippen LogP contribution is 2.12. The lowest BCUT2D eigenvalue weighted by molar-refractivity contribution is 0.0719. The summed E-state index contributed by atoms with van der Waals surface area (Å²) in [4.78, 5) is 12.0. The van der Waals surface area contributed by atoms with Gasteiger partial charge in [-0.3, -0.25) is 9.48 Å². The maximum atomic E-state index is 12.0. The van der Waals surface area contributed by atoms with Gasteiger partial charge in [-0.25, -0.2) is 0 Å². The van der Waals surface area contributed by atoms with Gasteiger partial charge in [0.1, 0.15) is 5.69 Å². The smallest absolute Gasteiger partial charge is 0.271 e. The van der Waals surface area contributed by atoms with Gasteiger partial charge in [0.05, 0.1) is 17.5 Å². The Balaban J connectivity index is 2.68. The minimum Gasteiger partial charge on any atom is -0.396 e. The number of aliphatic hydroxyl groups is 1. The van der Waals surface area contributed by atoms with Gasteiger partial charge in [0.25, 0.3) is 5.91 Å². The van der Waals surface area contributed by atoms with Crippen molar-refractivity contribution in [2.24, 2.45) is 0 Å². The molecule has 6 nitrogen and oxygen atoms in total. The van der Waals surface area contributed by atoms with Gasteiger partial charge in [0.15, 0.2) is 0 Å². The van der Waals surface area contributed by atoms with Crippen LogP contribution in [0.3, 0.4) is 0 Å². The molecule has 0 fully saturated rings. The molecule has 1 unspecified atom stereocenters. The normalized spacial score (nSPS) is 14.2. The molecule has 0 aromatic carbocycles. The average Bonchev–Trinajstić information content (AvgIpc) is 2.67. The lowest BCUT2D eigenvalue weighted by Crippen LogP contribution is -2.43. The average molecular weight is 272 g/mol. The molecule has 1 amide bonds. The predicted molar refractivity (Wildman–Crippen MR) is 73.7 cm³/mol. The van der Waals surface area contributed by atoms with Crippen LogP contribution in [0.5, 0.6) is 0 Å². The molecule has 1 heterocycles. The minimum atomic E-state index is -0.930. The first-order chi connectivity index (χ1) is 8.41. The first-order valence-electron chi connectivity index (χ1n) is 5.72. The van der Waals surface area contributed by atoms with E-state index in [0.29, 0.717) is 23.7 Å². The Hall–Kier alpha value is -1.21. The number of hydrogen-bond donors (Lipinski definition) is 3. The summed E-state index contributed by atoms with van der Waals surface area (Å²) in [5.74, 6) is 0.240. The molecular formula is C11H20N4O2S. The van der Waals surface area contributed by atoms with Crippen LogP contribution < -0.4 is 11.1 Å². The molecular weight excluding hydrogens is 252 g/mol. The van der Waals surface area contributed by atoms with Crippen LogP contribution in [0.1, 0.15) is 24.3 Å². The van der Waals surface area contributed by atoms with Crippen molar-refractivity contribution in [3.63, 3.8) is 0 Å². The number of nitrogens with zero attached hydrogens (tertiary/aromatic N) is 2. The molecule has 0 aliphatic rings. The number of rotatable bonds is 6. The van der Waals surface area contributed by atoms with Crippen LogP contribution in [0.15, 0.2) is 6.20 Å². The monoisotopic (exact) mass is 272 g/mol. The van der Waals surface area contributed by atoms with Gasteiger partial charge in [0, 0.05) is 18.8 Å². The number of carbonyl (C=O) groups is 1. The van der Waals surface area contributed by atoms with E-state index in [9.17, 15) is 9.90 Å². The molecule has 7 heteroatoms. The van der Waals surface area contributed by atoms with Crippen LogP contribution in [0.2, 0.25) is 0 Å². The standard InChI is InChI=1S/C11H20N4O2S/c1-4-15-9(8(12)5-14-15)10(16)13-6-11(2,17)7-18-3/h5,17H,4,6-7,12H2,1-3H3,(H,13,16). The maximum absolute atomic E-state index is 12.0. The fourth-order valence-corrected chi connectivity index (χ4v) is 2.33. The van der Waals surface area contributed by atoms with E-state index in [1.807, 2.05) is 13.2 Å². The third kappa shape index (κ3) is 3.64. The number of thioether (sulfide) groups is 1. The molecule has 1 rings (SSSR count). The largest absolute Gasteiger partial charge is 0.396 e. The van der Waals surface area contributed by atoms with Crippen LogP contribution in [0.4, 0.5) is 5.69 Å². The molecule has 0 saturated heterocycles. The topological polar surface area (TPSA) is 93.2 Å². The summed E-state index contributed by atoms with van der Waals surface area (Å²) in [6.07, 6.45) is 3.36. The quantitative estimate of drug-likeness (QED) is 0.694. The van der Waals surface area contributed by atoms with Crippen molar-refractivity contribution in [2.45, 2.75) is 26.0 Å². The van der Waals surface area contributed by atoms with Gasteiger partial charge in [-0.1, -0.05) is 0 Å². The second kappa shape index (κ2) is 6.10. The van der Waals surface area contributed by atoms with Crippen molar-refractivity contribution in [3.8, 4) is 0 Å². The van der Waals surface area contributed by atoms with Crippen LogP contribution in [-0.4, -0.2) is 44.9 Å². The summed E-state index contributed by atoms with van der Waals surface area (Å²) in [5, 5.41) is 16.7. The van der Waals surface area contributed by atoms with Crippen molar-refractivity contribution in [1.29, 1.82) is 0 Å². The van der Waals surface area contributed by atoms with E-state index in [1.165, 1.54) is 22.6 Å². The van der Waals surface area contributed by atoms with Crippen LogP contribution in [0, 0.1) is 0 Å². The molecule has 102 valence electrons. The molecule has 1 aromatic rings. The molecule has 0 aliphatic heterocycles. The molecule has 0 spiro atoms. The van der Waals surface area contributed by atoms with E-state index in [2.05, 4.69) is 10.4 Å². The van der Waals surface area contributed by atoms with E-state index < -0.39 is 5.60 Å². The van der Waals surface area contributed by atoms with E-state index in [-0.39, 0.29) is 12.5 Å². The van der Waals surface area contributed by atoms with Gasteiger partial charge in [-0.05, 0) is 20.1 Å². The highest BCUT2D eigenvalue weighted by atomic mass is 32.2. The molecule has 18 heavy (non-hydrogen) atoms. The molecule has 1 atom stereocenters. The van der Waals surface area contributed by atoms with Gasteiger partial charge in [-0.2, -0.15) is 16.9 Å². The number of anilines is 1. The van der Waals surface area contributed by atoms with Gasteiger partial charge in [0.2, 0.25) is 0 Å². The summed E-state index contributed by atoms with van der Waals surface area (Å²) in [7, 11) is 0. The maximum Gasteiger partial charge on any atom is 0.271 e. The van der Waals surface area contributed by atoms with Crippen LogP contribution >= 0.6 is 11.8 Å². The van der Waals surface area contributed by atoms with Gasteiger partial charge >= 0.3 is 0 Å². The summed E-state index contributed by atoms with van der Waals surface area (Å²) in [6.45, 7) is 4.32. The van der Waals surface area contributed by atoms with Gasteiger partial charge in [-0.15, -0.1) is 0 Å². The first kappa shape index (κ1) is 14.8. The van der Waals surface area contributed by atoms with E-state index in [1.54, 1.807) is 6.92 Å². The summed E-state index contributed by atoms with van der Waals surface area (Å²) in [6, 6.07) is 0. The van der Waals surface area contributed by atoms with Crippen LogP contribution in [-0.2, 0) is 6.54 Å². The van der Waals surface area contributed by atoms with Gasteiger partial charge < -0.3 is 16.2 Å². The highest BCUT2D eigenvalue weighted by molar-refractivity contribution is 7.98. The predicted octanol–water partition coefficient (Wildman–Crippen LogP) is 0.329. The molecule has 0 bridgehead atoms. The second-order valence-electron chi connectivity index (χ2n) is 4.38. The molecule has 0 saturated carbocycles. The van der Waals surface area contributed by atoms with E-state index in [0.717, 1.165) is 0 Å². The zero-order valence-electron chi connectivity index (χ0n) is 10.9. The Morgan fingerprint density at radius 2 is 2.39 bits per heavy atom. The third-order valence-electron chi connectivity index (χ3n) is 2.47. The van der Waals surface area contributed by atoms with Crippen molar-refractivity contribution < 1.29 is 9.90 Å². The number of nitrogens with two attached hydrogens (primary N) is 1. The highest BCUT2D eigenvalue weighted by Gasteiger charge is 2.23. The van der Waals surface area contributed by atoms with Crippen molar-refractivity contribution in [3.05, 3.63) is 11.9 Å². The lowest BCUT2D eigenvalue weighted by Gasteiger charge is -2.22. The fraction of sp³-hybridized carbons (Fsp3) is 0.636. The Morgan fingerprint density at radius 1 is 1.72 bits per heavy atom. The number of hydrogen-bond acceptors (Lipinski definition) is 5. The Bertz CT molecular complexity index is 417. The molecule has 0 aliphatic carbocycles. The number of carbonyl (C=O) groups excluding carboxylic acids is 1. The fourth-order valence-electron chi connectivity index (χ4n) is 1.60. The minimum absolute atomic E-state index is 0.182. The Labute approximate surface area is 111 Å². The number of aromatic nitrogens is 2. The number of amides is 1. The Morgan fingerprint density at radius 3 is 2.94 bits per heavy atom. The van der Waals surface area contributed by atoms with Crippen molar-refractivity contribution in [2.75, 3.05) is 24.3 Å². The zero-order chi connectivity index (χ0) is 13.8. The second-order valence-corrected chi connectivity index (χ2v) is 5.24. The van der Waals surface area contributed by atoms with Crippen molar-refractivity contribution >= 4 is 23.4 Å². The van der Waals surface area contributed by atoms with E-state index >= 15 is 0 Å². The van der Waals surface area contributed by atoms with E-state index in [4.69, 9.17) is 5.73 Å². The number of nitrogens with one attached hydrogen (secondary N) is 1. The molecule has 4 N–H and O–H groups in total. The molecule has 1 aromatic heterocycles. The third-order valence-corrected chi connectivity index (χ3v) is 3.38. The summed E-state index contributed by atoms with van der Waals surface area (Å²) < 4.78 is 1.54. The molecule has 0 radical (unpaired) electrons. The first-order valence-corrected chi connectivity index (χ1v) is 7.11. The summed E-state index contributed by atoms with van der Waals surface area (Å²) in [5.41, 5.74) is 5.47. The SMILES string of the molecule is CCn1ncc(N)c1C(=O)NCC(C)(O)CSC. The number of nitrogen functional groups attached to an aromatic ring is 1. The van der Waals surface area contributed by atoms with Crippen molar-refractivity contribution in [1.82, 2.24) is 15.1 Å². The Kier molecular flexibility index (Phi) is 5.03. The zero-order valence-corrected chi connectivity index (χ0v) is 11.8. The lowest BCUT2D eigenvalue weighted by atomic mass is 10.1. The summed E-state index contributed by atoms with van der Waals surface area (Å²) >= 11 is 1.52. The number of aryl methyl sites for hydroxylation is 1.